The molecule has 108 valence electrons. The van der Waals surface area contributed by atoms with Gasteiger partial charge in [0, 0.05) is 6.04 Å². The van der Waals surface area contributed by atoms with Crippen LogP contribution in [0.2, 0.25) is 0 Å². The second-order valence-corrected chi connectivity index (χ2v) is 4.73. The molecular weight excluding hydrogens is 260 g/mol. The molecule has 20 heavy (non-hydrogen) atoms. The van der Waals surface area contributed by atoms with Crippen LogP contribution in [-0.2, 0) is 14.3 Å². The quantitative estimate of drug-likeness (QED) is 0.714. The Hall–Kier alpha value is -1.92. The molecule has 0 spiro atoms. The first kappa shape index (κ1) is 14.5. The van der Waals surface area contributed by atoms with Crippen LogP contribution >= 0.6 is 0 Å². The predicted molar refractivity (Wildman–Crippen MR) is 72.1 cm³/mol. The molecule has 0 aliphatic carbocycles. The van der Waals surface area contributed by atoms with E-state index in [1.807, 2.05) is 0 Å². The van der Waals surface area contributed by atoms with Gasteiger partial charge in [0.15, 0.2) is 6.04 Å². The van der Waals surface area contributed by atoms with Crippen LogP contribution in [0.3, 0.4) is 0 Å². The summed E-state index contributed by atoms with van der Waals surface area (Å²) in [6.45, 7) is 0.760. The molecule has 6 nitrogen and oxygen atoms in total. The van der Waals surface area contributed by atoms with Crippen molar-refractivity contribution in [1.29, 1.82) is 0 Å². The molecule has 2 rings (SSSR count). The van der Waals surface area contributed by atoms with Gasteiger partial charge in [-0.2, -0.15) is 0 Å². The lowest BCUT2D eigenvalue weighted by atomic mass is 10.0. The highest BCUT2D eigenvalue weighted by atomic mass is 16.5. The number of ether oxygens (including phenoxy) is 1. The minimum absolute atomic E-state index is 0.0831. The van der Waals surface area contributed by atoms with Gasteiger partial charge < -0.3 is 20.5 Å². The van der Waals surface area contributed by atoms with E-state index in [-0.39, 0.29) is 17.9 Å². The van der Waals surface area contributed by atoms with Gasteiger partial charge in [0.1, 0.15) is 0 Å². The average Bonchev–Trinajstić information content (AvgIpc) is 2.93. The minimum atomic E-state index is -1.08. The first-order valence-electron chi connectivity index (χ1n) is 6.46. The Balaban J connectivity index is 2.09. The highest BCUT2D eigenvalue weighted by Crippen LogP contribution is 2.17. The van der Waals surface area contributed by atoms with Gasteiger partial charge in [0.25, 0.3) is 0 Å². The normalized spacial score (nSPS) is 23.2. The van der Waals surface area contributed by atoms with Crippen LogP contribution in [-0.4, -0.2) is 43.3 Å². The molecule has 3 N–H and O–H groups in total. The van der Waals surface area contributed by atoms with Gasteiger partial charge in [-0.05, 0) is 12.6 Å². The molecule has 2 unspecified atom stereocenters. The Labute approximate surface area is 117 Å². The van der Waals surface area contributed by atoms with Crippen molar-refractivity contribution < 1.29 is 19.4 Å². The summed E-state index contributed by atoms with van der Waals surface area (Å²) >= 11 is 0. The van der Waals surface area contributed by atoms with E-state index in [1.54, 1.807) is 37.4 Å². The Bertz CT molecular complexity index is 477. The molecule has 1 aliphatic rings. The SMILES string of the molecule is CNC1COCC1C(=O)N[C@@H](C(=O)O)c1ccccc1. The third kappa shape index (κ3) is 3.15. The summed E-state index contributed by atoms with van der Waals surface area (Å²) in [5.74, 6) is -1.76. The molecule has 1 fully saturated rings. The lowest BCUT2D eigenvalue weighted by molar-refractivity contribution is -0.142. The maximum atomic E-state index is 12.2. The largest absolute Gasteiger partial charge is 0.479 e. The average molecular weight is 278 g/mol. The second-order valence-electron chi connectivity index (χ2n) is 4.73. The molecule has 6 heteroatoms. The number of carboxylic acids is 1. The first-order valence-corrected chi connectivity index (χ1v) is 6.46. The van der Waals surface area contributed by atoms with Gasteiger partial charge in [-0.3, -0.25) is 4.79 Å². The van der Waals surface area contributed by atoms with E-state index >= 15 is 0 Å². The molecule has 1 aromatic rings. The van der Waals surface area contributed by atoms with Gasteiger partial charge >= 0.3 is 5.97 Å². The maximum absolute atomic E-state index is 12.2. The summed E-state index contributed by atoms with van der Waals surface area (Å²) in [7, 11) is 1.76. The summed E-state index contributed by atoms with van der Waals surface area (Å²) in [6.07, 6.45) is 0. The number of hydrogen-bond acceptors (Lipinski definition) is 4. The molecule has 0 bridgehead atoms. The lowest BCUT2D eigenvalue weighted by Crippen LogP contribution is -2.45. The zero-order valence-corrected chi connectivity index (χ0v) is 11.2. The molecule has 1 aromatic carbocycles. The molecule has 1 aliphatic heterocycles. The Morgan fingerprint density at radius 1 is 1.30 bits per heavy atom. The number of hydrogen-bond donors (Lipinski definition) is 3. The van der Waals surface area contributed by atoms with Crippen LogP contribution in [0.5, 0.6) is 0 Å². The van der Waals surface area contributed by atoms with E-state index in [0.717, 1.165) is 0 Å². The summed E-state index contributed by atoms with van der Waals surface area (Å²) < 4.78 is 5.26. The van der Waals surface area contributed by atoms with Crippen molar-refractivity contribution in [2.24, 2.45) is 5.92 Å². The number of carbonyl (C=O) groups is 2. The van der Waals surface area contributed by atoms with Gasteiger partial charge in [0.2, 0.25) is 5.91 Å². The van der Waals surface area contributed by atoms with Crippen LogP contribution in [0.1, 0.15) is 11.6 Å². The molecule has 0 aromatic heterocycles. The van der Waals surface area contributed by atoms with Gasteiger partial charge in [-0.1, -0.05) is 30.3 Å². The number of nitrogens with one attached hydrogen (secondary N) is 2. The van der Waals surface area contributed by atoms with Crippen molar-refractivity contribution >= 4 is 11.9 Å². The number of rotatable bonds is 5. The standard InChI is InChI=1S/C14H18N2O4/c1-15-11-8-20-7-10(11)13(17)16-12(14(18)19)9-5-3-2-4-6-9/h2-6,10-12,15H,7-8H2,1H3,(H,16,17)(H,18,19)/t10?,11?,12-/m1/s1. The molecule has 1 heterocycles. The van der Waals surface area contributed by atoms with E-state index < -0.39 is 12.0 Å². The van der Waals surface area contributed by atoms with Crippen molar-refractivity contribution in [3.8, 4) is 0 Å². The zero-order valence-electron chi connectivity index (χ0n) is 11.2. The van der Waals surface area contributed by atoms with Crippen molar-refractivity contribution in [1.82, 2.24) is 10.6 Å². The van der Waals surface area contributed by atoms with E-state index in [2.05, 4.69) is 10.6 Å². The first-order chi connectivity index (χ1) is 9.63. The van der Waals surface area contributed by atoms with Crippen LogP contribution < -0.4 is 10.6 Å². The third-order valence-electron chi connectivity index (χ3n) is 3.45. The van der Waals surface area contributed by atoms with Crippen molar-refractivity contribution in [3.05, 3.63) is 35.9 Å². The molecule has 3 atom stereocenters. The highest BCUT2D eigenvalue weighted by Gasteiger charge is 2.35. The number of carboxylic acid groups (broad SMARTS) is 1. The van der Waals surface area contributed by atoms with E-state index in [9.17, 15) is 14.7 Å². The van der Waals surface area contributed by atoms with Crippen LogP contribution in [0.15, 0.2) is 30.3 Å². The Morgan fingerprint density at radius 2 is 2.00 bits per heavy atom. The lowest BCUT2D eigenvalue weighted by Gasteiger charge is -2.20. The summed E-state index contributed by atoms with van der Waals surface area (Å²) in [5, 5.41) is 14.9. The fraction of sp³-hybridized carbons (Fsp3) is 0.429. The molecular formula is C14H18N2O4. The topological polar surface area (TPSA) is 87.7 Å². The zero-order chi connectivity index (χ0) is 14.5. The van der Waals surface area contributed by atoms with Crippen LogP contribution in [0.25, 0.3) is 0 Å². The van der Waals surface area contributed by atoms with Crippen LogP contribution in [0.4, 0.5) is 0 Å². The smallest absolute Gasteiger partial charge is 0.330 e. The Kier molecular flexibility index (Phi) is 4.70. The van der Waals surface area contributed by atoms with E-state index in [0.29, 0.717) is 18.8 Å². The number of likely N-dealkylation sites (N-methyl/N-ethyl adjacent to an activating group) is 1. The van der Waals surface area contributed by atoms with Crippen molar-refractivity contribution in [3.63, 3.8) is 0 Å². The molecule has 1 saturated heterocycles. The van der Waals surface area contributed by atoms with Gasteiger partial charge in [-0.15, -0.1) is 0 Å². The third-order valence-corrected chi connectivity index (χ3v) is 3.45. The minimum Gasteiger partial charge on any atom is -0.479 e. The van der Waals surface area contributed by atoms with Gasteiger partial charge in [0.05, 0.1) is 19.1 Å². The summed E-state index contributed by atoms with van der Waals surface area (Å²) in [6, 6.07) is 7.52. The molecule has 0 radical (unpaired) electrons. The fourth-order valence-electron chi connectivity index (χ4n) is 2.28. The van der Waals surface area contributed by atoms with Crippen LogP contribution in [0, 0.1) is 5.92 Å². The van der Waals surface area contributed by atoms with Gasteiger partial charge in [-0.25, -0.2) is 4.79 Å². The maximum Gasteiger partial charge on any atom is 0.330 e. The Morgan fingerprint density at radius 3 is 2.60 bits per heavy atom. The number of amides is 1. The predicted octanol–water partition coefficient (Wildman–Crippen LogP) is 0.163. The second kappa shape index (κ2) is 6.49. The van der Waals surface area contributed by atoms with Crippen molar-refractivity contribution in [2.75, 3.05) is 20.3 Å². The van der Waals surface area contributed by atoms with Crippen molar-refractivity contribution in [2.45, 2.75) is 12.1 Å². The monoisotopic (exact) mass is 278 g/mol. The number of aliphatic carboxylic acids is 1. The van der Waals surface area contributed by atoms with E-state index in [1.165, 1.54) is 0 Å². The number of carbonyl (C=O) groups excluding carboxylic acids is 1. The summed E-state index contributed by atoms with van der Waals surface area (Å²) in [4.78, 5) is 23.5. The molecule has 1 amide bonds. The highest BCUT2D eigenvalue weighted by molar-refractivity contribution is 5.86. The van der Waals surface area contributed by atoms with E-state index in [4.69, 9.17) is 4.74 Å². The number of benzene rings is 1. The summed E-state index contributed by atoms with van der Waals surface area (Å²) in [5.41, 5.74) is 0.549. The molecule has 0 saturated carbocycles. The fourth-order valence-corrected chi connectivity index (χ4v) is 2.28.